The average Bonchev–Trinajstić information content (AvgIpc) is 2.82. The van der Waals surface area contributed by atoms with Crippen LogP contribution in [0.4, 0.5) is 8.78 Å². The molecule has 0 bridgehead atoms. The van der Waals surface area contributed by atoms with E-state index in [1.807, 2.05) is 13.0 Å². The molecule has 2 rings (SSSR count). The molecule has 2 aromatic rings. The highest BCUT2D eigenvalue weighted by Gasteiger charge is 2.15. The van der Waals surface area contributed by atoms with Gasteiger partial charge in [-0.1, -0.05) is 6.07 Å². The maximum Gasteiger partial charge on any atom is 0.261 e. The van der Waals surface area contributed by atoms with Gasteiger partial charge in [0.05, 0.1) is 11.0 Å². The van der Waals surface area contributed by atoms with Crippen LogP contribution in [0, 0.1) is 18.6 Å². The Morgan fingerprint density at radius 1 is 1.35 bits per heavy atom. The molecule has 1 amide bonds. The van der Waals surface area contributed by atoms with Crippen molar-refractivity contribution in [3.05, 3.63) is 57.3 Å². The molecular formula is C14H13F2NO2S. The van der Waals surface area contributed by atoms with E-state index in [1.54, 1.807) is 6.07 Å². The molecule has 20 heavy (non-hydrogen) atoms. The minimum Gasteiger partial charge on any atom is -0.386 e. The smallest absolute Gasteiger partial charge is 0.261 e. The summed E-state index contributed by atoms with van der Waals surface area (Å²) < 4.78 is 26.2. The Kier molecular flexibility index (Phi) is 4.46. The van der Waals surface area contributed by atoms with E-state index in [9.17, 15) is 18.7 Å². The molecule has 2 N–H and O–H groups in total. The van der Waals surface area contributed by atoms with Crippen LogP contribution in [0.5, 0.6) is 0 Å². The molecule has 0 aliphatic heterocycles. The molecule has 0 saturated heterocycles. The van der Waals surface area contributed by atoms with E-state index in [4.69, 9.17) is 0 Å². The van der Waals surface area contributed by atoms with Crippen molar-refractivity contribution >= 4 is 17.2 Å². The third kappa shape index (κ3) is 3.40. The zero-order valence-corrected chi connectivity index (χ0v) is 11.5. The largest absolute Gasteiger partial charge is 0.386 e. The average molecular weight is 297 g/mol. The number of benzene rings is 1. The first-order valence-electron chi connectivity index (χ1n) is 5.95. The second kappa shape index (κ2) is 6.11. The Balaban J connectivity index is 1.98. The zero-order chi connectivity index (χ0) is 14.7. The number of amides is 1. The number of hydrogen-bond acceptors (Lipinski definition) is 3. The van der Waals surface area contributed by atoms with Gasteiger partial charge in [-0.15, -0.1) is 11.3 Å². The van der Waals surface area contributed by atoms with Crippen LogP contribution in [0.25, 0.3) is 0 Å². The number of hydrogen-bond donors (Lipinski definition) is 2. The first kappa shape index (κ1) is 14.6. The number of aliphatic hydroxyl groups is 1. The van der Waals surface area contributed by atoms with Crippen molar-refractivity contribution in [2.75, 3.05) is 6.54 Å². The maximum atomic E-state index is 13.4. The van der Waals surface area contributed by atoms with Crippen molar-refractivity contribution in [2.24, 2.45) is 0 Å². The van der Waals surface area contributed by atoms with Crippen LogP contribution < -0.4 is 5.32 Å². The zero-order valence-electron chi connectivity index (χ0n) is 10.7. The van der Waals surface area contributed by atoms with E-state index < -0.39 is 17.7 Å². The Hall–Kier alpha value is -1.79. The molecular weight excluding hydrogens is 284 g/mol. The molecule has 0 unspecified atom stereocenters. The van der Waals surface area contributed by atoms with Crippen molar-refractivity contribution in [3.63, 3.8) is 0 Å². The number of carbonyl (C=O) groups excluding carboxylic acids is 1. The van der Waals surface area contributed by atoms with E-state index in [2.05, 4.69) is 5.32 Å². The van der Waals surface area contributed by atoms with Crippen LogP contribution in [0.2, 0.25) is 0 Å². The van der Waals surface area contributed by atoms with Crippen LogP contribution in [0.3, 0.4) is 0 Å². The minimum atomic E-state index is -1.22. The van der Waals surface area contributed by atoms with E-state index in [1.165, 1.54) is 11.3 Å². The normalized spacial score (nSPS) is 12.2. The number of aliphatic hydroxyl groups excluding tert-OH is 1. The summed E-state index contributed by atoms with van der Waals surface area (Å²) in [5, 5.41) is 12.3. The van der Waals surface area contributed by atoms with Gasteiger partial charge in [0.2, 0.25) is 0 Å². The summed E-state index contributed by atoms with van der Waals surface area (Å²) in [4.78, 5) is 13.3. The Morgan fingerprint density at radius 2 is 2.10 bits per heavy atom. The Bertz CT molecular complexity index is 627. The summed E-state index contributed by atoms with van der Waals surface area (Å²) >= 11 is 1.33. The predicted octanol–water partition coefficient (Wildman–Crippen LogP) is 2.80. The molecule has 106 valence electrons. The summed E-state index contributed by atoms with van der Waals surface area (Å²) in [6, 6.07) is 6.42. The first-order chi connectivity index (χ1) is 9.47. The molecule has 0 aliphatic carbocycles. The highest BCUT2D eigenvalue weighted by atomic mass is 32.1. The SMILES string of the molecule is Cc1ccc(C(=O)NC[C@H](O)c2ccc(F)cc2F)s1. The summed E-state index contributed by atoms with van der Waals surface area (Å²) in [6.07, 6.45) is -1.22. The van der Waals surface area contributed by atoms with Crippen molar-refractivity contribution < 1.29 is 18.7 Å². The van der Waals surface area contributed by atoms with Crippen molar-refractivity contribution in [2.45, 2.75) is 13.0 Å². The molecule has 6 heteroatoms. The van der Waals surface area contributed by atoms with Gasteiger partial charge >= 0.3 is 0 Å². The molecule has 3 nitrogen and oxygen atoms in total. The number of aryl methyl sites for hydroxylation is 1. The van der Waals surface area contributed by atoms with Gasteiger partial charge < -0.3 is 10.4 Å². The Labute approximate surface area is 118 Å². The van der Waals surface area contributed by atoms with E-state index >= 15 is 0 Å². The van der Waals surface area contributed by atoms with Crippen LogP contribution in [-0.2, 0) is 0 Å². The number of carbonyl (C=O) groups is 1. The topological polar surface area (TPSA) is 49.3 Å². The summed E-state index contributed by atoms with van der Waals surface area (Å²) in [7, 11) is 0. The van der Waals surface area contributed by atoms with Gasteiger partial charge in [0.1, 0.15) is 11.6 Å². The van der Waals surface area contributed by atoms with Gasteiger partial charge in [0.15, 0.2) is 0 Å². The van der Waals surface area contributed by atoms with Crippen molar-refractivity contribution in [1.82, 2.24) is 5.32 Å². The fourth-order valence-corrected chi connectivity index (χ4v) is 2.50. The molecule has 0 aliphatic rings. The lowest BCUT2D eigenvalue weighted by atomic mass is 10.1. The molecule has 0 fully saturated rings. The lowest BCUT2D eigenvalue weighted by molar-refractivity contribution is 0.0918. The quantitative estimate of drug-likeness (QED) is 0.911. The van der Waals surface area contributed by atoms with Crippen LogP contribution >= 0.6 is 11.3 Å². The van der Waals surface area contributed by atoms with Crippen LogP contribution in [0.15, 0.2) is 30.3 Å². The highest BCUT2D eigenvalue weighted by Crippen LogP contribution is 2.18. The first-order valence-corrected chi connectivity index (χ1v) is 6.76. The molecule has 1 atom stereocenters. The van der Waals surface area contributed by atoms with Gasteiger partial charge in [0.25, 0.3) is 5.91 Å². The van der Waals surface area contributed by atoms with Gasteiger partial charge in [-0.05, 0) is 25.1 Å². The number of rotatable bonds is 4. The fraction of sp³-hybridized carbons (Fsp3) is 0.214. The molecule has 0 radical (unpaired) electrons. The second-order valence-corrected chi connectivity index (χ2v) is 5.59. The predicted molar refractivity (Wildman–Crippen MR) is 72.7 cm³/mol. The second-order valence-electron chi connectivity index (χ2n) is 4.30. The molecule has 1 heterocycles. The van der Waals surface area contributed by atoms with E-state index in [-0.39, 0.29) is 18.0 Å². The van der Waals surface area contributed by atoms with E-state index in [0.29, 0.717) is 10.9 Å². The standard InChI is InChI=1S/C14H13F2NO2S/c1-8-2-5-13(20-8)14(19)17-7-12(18)10-4-3-9(15)6-11(10)16/h2-6,12,18H,7H2,1H3,(H,17,19)/t12-/m0/s1. The number of halogens is 2. The molecule has 0 saturated carbocycles. The molecule has 1 aromatic heterocycles. The highest BCUT2D eigenvalue weighted by molar-refractivity contribution is 7.13. The Morgan fingerprint density at radius 3 is 2.70 bits per heavy atom. The molecule has 0 spiro atoms. The monoisotopic (exact) mass is 297 g/mol. The minimum absolute atomic E-state index is 0.0472. The van der Waals surface area contributed by atoms with Crippen LogP contribution in [-0.4, -0.2) is 17.6 Å². The van der Waals surface area contributed by atoms with E-state index in [0.717, 1.165) is 17.0 Å². The lowest BCUT2D eigenvalue weighted by Gasteiger charge is -2.12. The van der Waals surface area contributed by atoms with Crippen LogP contribution in [0.1, 0.15) is 26.2 Å². The third-order valence-electron chi connectivity index (χ3n) is 2.74. The van der Waals surface area contributed by atoms with Gasteiger partial charge in [0, 0.05) is 23.1 Å². The molecule has 1 aromatic carbocycles. The van der Waals surface area contributed by atoms with Crippen molar-refractivity contribution in [1.29, 1.82) is 0 Å². The summed E-state index contributed by atoms with van der Waals surface area (Å²) in [5.74, 6) is -1.88. The number of nitrogens with one attached hydrogen (secondary N) is 1. The lowest BCUT2D eigenvalue weighted by Crippen LogP contribution is -2.28. The van der Waals surface area contributed by atoms with Crippen molar-refractivity contribution in [3.8, 4) is 0 Å². The number of thiophene rings is 1. The summed E-state index contributed by atoms with van der Waals surface area (Å²) in [6.45, 7) is 1.74. The van der Waals surface area contributed by atoms with Gasteiger partial charge in [-0.3, -0.25) is 4.79 Å². The third-order valence-corrected chi connectivity index (χ3v) is 3.74. The maximum absolute atomic E-state index is 13.4. The fourth-order valence-electron chi connectivity index (χ4n) is 1.71. The summed E-state index contributed by atoms with van der Waals surface area (Å²) in [5.41, 5.74) is -0.0472. The van der Waals surface area contributed by atoms with Gasteiger partial charge in [-0.2, -0.15) is 0 Å². The van der Waals surface area contributed by atoms with Gasteiger partial charge in [-0.25, -0.2) is 8.78 Å².